The van der Waals surface area contributed by atoms with Gasteiger partial charge in [-0.05, 0) is 30.9 Å². The van der Waals surface area contributed by atoms with Crippen LogP contribution in [0.3, 0.4) is 0 Å². The molecule has 4 heteroatoms. The van der Waals surface area contributed by atoms with Gasteiger partial charge in [0.25, 0.3) is 0 Å². The molecule has 1 saturated heterocycles. The minimum atomic E-state index is -0.141. The first-order chi connectivity index (χ1) is 9.24. The van der Waals surface area contributed by atoms with E-state index in [1.54, 1.807) is 0 Å². The lowest BCUT2D eigenvalue weighted by molar-refractivity contribution is -0.122. The largest absolute Gasteiger partial charge is 0.376 e. The summed E-state index contributed by atoms with van der Waals surface area (Å²) < 4.78 is 5.51. The molecule has 0 aromatic heterocycles. The van der Waals surface area contributed by atoms with Crippen molar-refractivity contribution in [3.05, 3.63) is 29.3 Å². The van der Waals surface area contributed by atoms with Gasteiger partial charge >= 0.3 is 0 Å². The van der Waals surface area contributed by atoms with Crippen molar-refractivity contribution in [1.82, 2.24) is 5.32 Å². The van der Waals surface area contributed by atoms with Crippen LogP contribution in [0.4, 0.5) is 5.69 Å². The van der Waals surface area contributed by atoms with E-state index < -0.39 is 0 Å². The predicted molar refractivity (Wildman–Crippen MR) is 74.3 cm³/mol. The number of hydrogen-bond donors (Lipinski definition) is 2. The Hall–Kier alpha value is -1.55. The first-order valence-corrected chi connectivity index (χ1v) is 6.98. The van der Waals surface area contributed by atoms with Crippen LogP contribution >= 0.6 is 0 Å². The highest BCUT2D eigenvalue weighted by atomic mass is 16.5. The van der Waals surface area contributed by atoms with Crippen molar-refractivity contribution in [1.29, 1.82) is 0 Å². The lowest BCUT2D eigenvalue weighted by atomic mass is 10.1. The molecule has 1 aromatic carbocycles. The highest BCUT2D eigenvalue weighted by molar-refractivity contribution is 5.87. The third-order valence-electron chi connectivity index (χ3n) is 3.95. The molecule has 0 spiro atoms. The molecular formula is C15H20N2O2. The van der Waals surface area contributed by atoms with Gasteiger partial charge < -0.3 is 15.4 Å². The molecule has 0 saturated carbocycles. The SMILES string of the molecule is Cc1cccc2c1NC(C(=O)NCC1CCCO1)C2. The van der Waals surface area contributed by atoms with Gasteiger partial charge in [-0.15, -0.1) is 0 Å². The Balaban J connectivity index is 1.56. The second-order valence-corrected chi connectivity index (χ2v) is 5.39. The van der Waals surface area contributed by atoms with Gasteiger partial charge in [0, 0.05) is 25.3 Å². The Morgan fingerprint density at radius 1 is 1.53 bits per heavy atom. The first-order valence-electron chi connectivity index (χ1n) is 6.98. The van der Waals surface area contributed by atoms with Gasteiger partial charge in [-0.25, -0.2) is 0 Å². The molecule has 19 heavy (non-hydrogen) atoms. The van der Waals surface area contributed by atoms with E-state index in [2.05, 4.69) is 29.7 Å². The summed E-state index contributed by atoms with van der Waals surface area (Å²) in [6.07, 6.45) is 3.13. The van der Waals surface area contributed by atoms with Crippen LogP contribution in [-0.2, 0) is 16.0 Å². The van der Waals surface area contributed by atoms with E-state index in [1.807, 2.05) is 6.07 Å². The smallest absolute Gasteiger partial charge is 0.242 e. The topological polar surface area (TPSA) is 50.4 Å². The molecule has 0 radical (unpaired) electrons. The summed E-state index contributed by atoms with van der Waals surface area (Å²) in [4.78, 5) is 12.2. The predicted octanol–water partition coefficient (Wildman–Crippen LogP) is 1.63. The van der Waals surface area contributed by atoms with Crippen molar-refractivity contribution in [2.24, 2.45) is 0 Å². The van der Waals surface area contributed by atoms with Crippen LogP contribution in [0.1, 0.15) is 24.0 Å². The van der Waals surface area contributed by atoms with Crippen molar-refractivity contribution in [3.63, 3.8) is 0 Å². The standard InChI is InChI=1S/C15H20N2O2/c1-10-4-2-5-11-8-13(17-14(10)11)15(18)16-9-12-6-3-7-19-12/h2,4-5,12-13,17H,3,6-9H2,1H3,(H,16,18). The zero-order valence-corrected chi connectivity index (χ0v) is 11.2. The number of hydrogen-bond acceptors (Lipinski definition) is 3. The number of carbonyl (C=O) groups is 1. The second-order valence-electron chi connectivity index (χ2n) is 5.39. The Kier molecular flexibility index (Phi) is 3.42. The van der Waals surface area contributed by atoms with Crippen LogP contribution in [0.25, 0.3) is 0 Å². The molecule has 2 aliphatic heterocycles. The van der Waals surface area contributed by atoms with E-state index in [9.17, 15) is 4.79 Å². The lowest BCUT2D eigenvalue weighted by Crippen LogP contribution is -2.41. The number of fused-ring (bicyclic) bond motifs is 1. The quantitative estimate of drug-likeness (QED) is 0.868. The number of aryl methyl sites for hydroxylation is 1. The monoisotopic (exact) mass is 260 g/mol. The third kappa shape index (κ3) is 2.59. The molecule has 1 aromatic rings. The van der Waals surface area contributed by atoms with Gasteiger partial charge in [0.05, 0.1) is 6.10 Å². The Bertz CT molecular complexity index is 481. The highest BCUT2D eigenvalue weighted by Gasteiger charge is 2.28. The maximum absolute atomic E-state index is 12.2. The van der Waals surface area contributed by atoms with E-state index in [4.69, 9.17) is 4.74 Å². The minimum absolute atomic E-state index is 0.0751. The number of benzene rings is 1. The summed E-state index contributed by atoms with van der Waals surface area (Å²) in [6, 6.07) is 6.06. The van der Waals surface area contributed by atoms with Crippen LogP contribution in [0.5, 0.6) is 0 Å². The maximum Gasteiger partial charge on any atom is 0.242 e. The number of para-hydroxylation sites is 1. The van der Waals surface area contributed by atoms with Crippen LogP contribution in [0.15, 0.2) is 18.2 Å². The average molecular weight is 260 g/mol. The third-order valence-corrected chi connectivity index (χ3v) is 3.95. The van der Waals surface area contributed by atoms with Gasteiger partial charge in [0.2, 0.25) is 5.91 Å². The fraction of sp³-hybridized carbons (Fsp3) is 0.533. The van der Waals surface area contributed by atoms with Crippen LogP contribution in [0, 0.1) is 6.92 Å². The number of carbonyl (C=O) groups excluding carboxylic acids is 1. The molecule has 4 nitrogen and oxygen atoms in total. The fourth-order valence-electron chi connectivity index (χ4n) is 2.85. The first kappa shape index (κ1) is 12.5. The van der Waals surface area contributed by atoms with E-state index >= 15 is 0 Å². The van der Waals surface area contributed by atoms with Crippen molar-refractivity contribution >= 4 is 11.6 Å². The summed E-state index contributed by atoms with van der Waals surface area (Å²) in [5.74, 6) is 0.0751. The molecule has 2 N–H and O–H groups in total. The maximum atomic E-state index is 12.2. The molecule has 1 amide bonds. The molecule has 0 bridgehead atoms. The molecule has 3 rings (SSSR count). The molecular weight excluding hydrogens is 240 g/mol. The summed E-state index contributed by atoms with van der Waals surface area (Å²) in [5, 5.41) is 6.32. The molecule has 2 atom stereocenters. The van der Waals surface area contributed by atoms with Gasteiger partial charge in [-0.1, -0.05) is 18.2 Å². The van der Waals surface area contributed by atoms with E-state index in [0.717, 1.165) is 31.6 Å². The summed E-state index contributed by atoms with van der Waals surface area (Å²) in [5.41, 5.74) is 3.56. The van der Waals surface area contributed by atoms with Crippen LogP contribution in [-0.4, -0.2) is 31.2 Å². The van der Waals surface area contributed by atoms with Gasteiger partial charge in [-0.3, -0.25) is 4.79 Å². The average Bonchev–Trinajstić information content (AvgIpc) is 3.05. The van der Waals surface area contributed by atoms with Crippen molar-refractivity contribution in [2.75, 3.05) is 18.5 Å². The van der Waals surface area contributed by atoms with Crippen LogP contribution in [0.2, 0.25) is 0 Å². The number of rotatable bonds is 3. The number of ether oxygens (including phenoxy) is 1. The van der Waals surface area contributed by atoms with Crippen molar-refractivity contribution in [2.45, 2.75) is 38.3 Å². The summed E-state index contributed by atoms with van der Waals surface area (Å²) in [7, 11) is 0. The number of anilines is 1. The van der Waals surface area contributed by atoms with E-state index in [-0.39, 0.29) is 18.1 Å². The lowest BCUT2D eigenvalue weighted by Gasteiger charge is -2.15. The van der Waals surface area contributed by atoms with Crippen molar-refractivity contribution < 1.29 is 9.53 Å². The molecule has 102 valence electrons. The van der Waals surface area contributed by atoms with Gasteiger partial charge in [0.15, 0.2) is 0 Å². The number of amides is 1. The Labute approximate surface area is 113 Å². The summed E-state index contributed by atoms with van der Waals surface area (Å²) in [6.45, 7) is 3.53. The Morgan fingerprint density at radius 3 is 3.16 bits per heavy atom. The zero-order valence-electron chi connectivity index (χ0n) is 11.2. The van der Waals surface area contributed by atoms with Gasteiger partial charge in [0.1, 0.15) is 6.04 Å². The molecule has 0 aliphatic carbocycles. The zero-order chi connectivity index (χ0) is 13.2. The highest BCUT2D eigenvalue weighted by Crippen LogP contribution is 2.28. The number of nitrogens with one attached hydrogen (secondary N) is 2. The normalized spacial score (nSPS) is 24.9. The molecule has 2 heterocycles. The fourth-order valence-corrected chi connectivity index (χ4v) is 2.85. The minimum Gasteiger partial charge on any atom is -0.376 e. The molecule has 2 unspecified atom stereocenters. The Morgan fingerprint density at radius 2 is 2.42 bits per heavy atom. The van der Waals surface area contributed by atoms with Gasteiger partial charge in [-0.2, -0.15) is 0 Å². The van der Waals surface area contributed by atoms with Crippen molar-refractivity contribution in [3.8, 4) is 0 Å². The van der Waals surface area contributed by atoms with E-state index in [1.165, 1.54) is 11.1 Å². The van der Waals surface area contributed by atoms with Crippen LogP contribution < -0.4 is 10.6 Å². The summed E-state index contributed by atoms with van der Waals surface area (Å²) >= 11 is 0. The second kappa shape index (κ2) is 5.21. The van der Waals surface area contributed by atoms with E-state index in [0.29, 0.717) is 6.54 Å². The molecule has 2 aliphatic rings. The molecule has 1 fully saturated rings.